The molecule has 0 spiro atoms. The number of benzene rings is 1. The number of oxazole rings is 1. The highest BCUT2D eigenvalue weighted by Gasteiger charge is 2.31. The Labute approximate surface area is 126 Å². The van der Waals surface area contributed by atoms with Crippen LogP contribution >= 0.6 is 11.3 Å². The quantitative estimate of drug-likeness (QED) is 0.804. The van der Waals surface area contributed by atoms with Crippen molar-refractivity contribution in [2.75, 3.05) is 6.54 Å². The number of quaternary nitrogens is 1. The predicted octanol–water partition coefficient (Wildman–Crippen LogP) is 2.03. The van der Waals surface area contributed by atoms with E-state index in [-0.39, 0.29) is 5.76 Å². The largest absolute Gasteiger partial charge is 0.424 e. The van der Waals surface area contributed by atoms with Crippen LogP contribution in [0.25, 0.3) is 11.1 Å². The van der Waals surface area contributed by atoms with E-state index in [0.717, 1.165) is 12.1 Å². The smallest absolute Gasteiger partial charge is 0.408 e. The third kappa shape index (κ3) is 2.22. The molecule has 3 aromatic rings. The molecule has 1 N–H and O–H groups in total. The van der Waals surface area contributed by atoms with Gasteiger partial charge in [0.2, 0.25) is 0 Å². The molecule has 4 nitrogen and oxygen atoms in total. The number of aromatic nitrogens is 1. The number of hydrogen-bond donors (Lipinski definition) is 1. The van der Waals surface area contributed by atoms with Crippen LogP contribution in [0.4, 0.5) is 0 Å². The van der Waals surface area contributed by atoms with Gasteiger partial charge in [0, 0.05) is 12.8 Å². The van der Waals surface area contributed by atoms with Crippen LogP contribution in [0.2, 0.25) is 0 Å². The number of nitrogens with one attached hydrogen (secondary N) is 1. The van der Waals surface area contributed by atoms with Crippen molar-refractivity contribution in [2.24, 2.45) is 0 Å². The Morgan fingerprint density at radius 1 is 1.29 bits per heavy atom. The number of hydrogen-bond acceptors (Lipinski definition) is 3. The van der Waals surface area contributed by atoms with Crippen LogP contribution in [0, 0.1) is 0 Å². The molecule has 5 heteroatoms. The van der Waals surface area contributed by atoms with Crippen LogP contribution in [-0.4, -0.2) is 11.1 Å². The molecule has 1 fully saturated rings. The number of rotatable bonds is 3. The van der Waals surface area contributed by atoms with Gasteiger partial charge in [-0.2, -0.15) is 0 Å². The van der Waals surface area contributed by atoms with Crippen molar-refractivity contribution in [1.82, 2.24) is 4.57 Å². The van der Waals surface area contributed by atoms with Crippen molar-refractivity contribution < 1.29 is 9.32 Å². The standard InChI is InChI=1S/C16H16N2O2S/c19-16-18(12-5-1-2-7-14(12)20-16)11-17-9-3-6-13(17)15-8-4-10-21-15/h1-2,4-5,7-8,10,13H,3,6,9,11H2/p+1/t13-/m1/s1. The van der Waals surface area contributed by atoms with Crippen LogP contribution in [0.5, 0.6) is 0 Å². The van der Waals surface area contributed by atoms with Crippen LogP contribution in [0.1, 0.15) is 23.8 Å². The van der Waals surface area contributed by atoms with E-state index in [4.69, 9.17) is 4.42 Å². The van der Waals surface area contributed by atoms with E-state index in [1.54, 1.807) is 4.57 Å². The first-order valence-electron chi connectivity index (χ1n) is 7.29. The minimum Gasteiger partial charge on any atom is -0.408 e. The molecule has 108 valence electrons. The van der Waals surface area contributed by atoms with Crippen LogP contribution in [0.15, 0.2) is 51.0 Å². The number of fused-ring (bicyclic) bond motifs is 1. The van der Waals surface area contributed by atoms with Gasteiger partial charge in [-0.05, 0) is 23.6 Å². The van der Waals surface area contributed by atoms with Gasteiger partial charge in [0.15, 0.2) is 12.3 Å². The second kappa shape index (κ2) is 5.16. The van der Waals surface area contributed by atoms with Gasteiger partial charge >= 0.3 is 5.76 Å². The van der Waals surface area contributed by atoms with Gasteiger partial charge < -0.3 is 9.32 Å². The fourth-order valence-electron chi connectivity index (χ4n) is 3.30. The van der Waals surface area contributed by atoms with Crippen molar-refractivity contribution in [3.8, 4) is 0 Å². The maximum Gasteiger partial charge on any atom is 0.424 e. The summed E-state index contributed by atoms with van der Waals surface area (Å²) >= 11 is 1.81. The number of para-hydroxylation sites is 2. The molecule has 3 heterocycles. The molecule has 0 radical (unpaired) electrons. The molecule has 1 aromatic carbocycles. The summed E-state index contributed by atoms with van der Waals surface area (Å²) in [5.74, 6) is -0.250. The molecule has 0 bridgehead atoms. The van der Waals surface area contributed by atoms with Crippen LogP contribution in [-0.2, 0) is 6.67 Å². The average Bonchev–Trinajstić information content (AvgIpc) is 3.20. The van der Waals surface area contributed by atoms with E-state index < -0.39 is 0 Å². The molecule has 4 rings (SSSR count). The Kier molecular flexibility index (Phi) is 3.16. The Morgan fingerprint density at radius 2 is 2.19 bits per heavy atom. The minimum absolute atomic E-state index is 0.250. The van der Waals surface area contributed by atoms with Gasteiger partial charge in [0.1, 0.15) is 6.04 Å². The molecule has 21 heavy (non-hydrogen) atoms. The maximum atomic E-state index is 12.1. The van der Waals surface area contributed by atoms with Gasteiger partial charge in [-0.25, -0.2) is 9.36 Å². The highest BCUT2D eigenvalue weighted by molar-refractivity contribution is 7.10. The summed E-state index contributed by atoms with van der Waals surface area (Å²) in [6.07, 6.45) is 2.41. The molecule has 0 amide bonds. The molecule has 1 unspecified atom stereocenters. The second-order valence-corrected chi connectivity index (χ2v) is 6.52. The fraction of sp³-hybridized carbons (Fsp3) is 0.312. The molecule has 1 aliphatic rings. The first kappa shape index (κ1) is 12.9. The first-order valence-corrected chi connectivity index (χ1v) is 8.17. The topological polar surface area (TPSA) is 39.6 Å². The number of thiophene rings is 1. The van der Waals surface area contributed by atoms with E-state index in [1.807, 2.05) is 35.6 Å². The van der Waals surface area contributed by atoms with E-state index >= 15 is 0 Å². The maximum absolute atomic E-state index is 12.1. The Bertz CT molecular complexity index is 803. The monoisotopic (exact) mass is 301 g/mol. The summed E-state index contributed by atoms with van der Waals surface area (Å²) in [4.78, 5) is 15.0. The molecule has 2 atom stereocenters. The zero-order valence-electron chi connectivity index (χ0n) is 11.6. The van der Waals surface area contributed by atoms with Crippen molar-refractivity contribution >= 4 is 22.4 Å². The summed E-state index contributed by atoms with van der Waals surface area (Å²) < 4.78 is 7.11. The number of nitrogens with zero attached hydrogens (tertiary/aromatic N) is 1. The van der Waals surface area contributed by atoms with Crippen LogP contribution in [0.3, 0.4) is 0 Å². The fourth-order valence-corrected chi connectivity index (χ4v) is 4.22. The lowest BCUT2D eigenvalue weighted by atomic mass is 10.2. The van der Waals surface area contributed by atoms with E-state index in [0.29, 0.717) is 18.3 Å². The van der Waals surface area contributed by atoms with Gasteiger partial charge in [-0.3, -0.25) is 0 Å². The zero-order valence-corrected chi connectivity index (χ0v) is 12.4. The average molecular weight is 301 g/mol. The van der Waals surface area contributed by atoms with Crippen molar-refractivity contribution in [3.63, 3.8) is 0 Å². The summed E-state index contributed by atoms with van der Waals surface area (Å²) in [6.45, 7) is 1.78. The van der Waals surface area contributed by atoms with E-state index in [2.05, 4.69) is 17.5 Å². The predicted molar refractivity (Wildman–Crippen MR) is 82.6 cm³/mol. The minimum atomic E-state index is -0.250. The first-order chi connectivity index (χ1) is 10.3. The SMILES string of the molecule is O=c1oc2ccccc2n1C[NH+]1CCC[C@@H]1c1cccs1. The highest BCUT2D eigenvalue weighted by atomic mass is 32.1. The second-order valence-electron chi connectivity index (χ2n) is 5.54. The Balaban J connectivity index is 1.68. The molecular formula is C16H17N2O2S+. The van der Waals surface area contributed by atoms with Gasteiger partial charge in [-0.1, -0.05) is 18.2 Å². The lowest BCUT2D eigenvalue weighted by Crippen LogP contribution is -3.09. The Hall–Kier alpha value is -1.85. The van der Waals surface area contributed by atoms with E-state index in [9.17, 15) is 4.79 Å². The summed E-state index contributed by atoms with van der Waals surface area (Å²) in [5, 5.41) is 2.13. The molecule has 1 aliphatic heterocycles. The summed E-state index contributed by atoms with van der Waals surface area (Å²) in [6, 6.07) is 12.5. The normalized spacial score (nSPS) is 22.1. The van der Waals surface area contributed by atoms with Gasteiger partial charge in [-0.15, -0.1) is 11.3 Å². The molecular weight excluding hydrogens is 284 g/mol. The highest BCUT2D eigenvalue weighted by Crippen LogP contribution is 2.23. The molecule has 0 aliphatic carbocycles. The van der Waals surface area contributed by atoms with Gasteiger partial charge in [0.05, 0.1) is 16.9 Å². The molecule has 2 aromatic heterocycles. The third-order valence-corrected chi connectivity index (χ3v) is 5.29. The van der Waals surface area contributed by atoms with Crippen molar-refractivity contribution in [3.05, 3.63) is 57.2 Å². The lowest BCUT2D eigenvalue weighted by Gasteiger charge is -2.20. The third-order valence-electron chi connectivity index (χ3n) is 4.31. The summed E-state index contributed by atoms with van der Waals surface area (Å²) in [5.41, 5.74) is 1.57. The molecule has 1 saturated heterocycles. The van der Waals surface area contributed by atoms with Crippen molar-refractivity contribution in [1.29, 1.82) is 0 Å². The van der Waals surface area contributed by atoms with Crippen molar-refractivity contribution in [2.45, 2.75) is 25.6 Å². The summed E-state index contributed by atoms with van der Waals surface area (Å²) in [7, 11) is 0. The Morgan fingerprint density at radius 3 is 3.05 bits per heavy atom. The van der Waals surface area contributed by atoms with Crippen LogP contribution < -0.4 is 10.7 Å². The van der Waals surface area contributed by atoms with E-state index in [1.165, 1.54) is 22.6 Å². The van der Waals surface area contributed by atoms with Gasteiger partial charge in [0.25, 0.3) is 0 Å². The number of likely N-dealkylation sites (tertiary alicyclic amines) is 1. The zero-order chi connectivity index (χ0) is 14.2. The lowest BCUT2D eigenvalue weighted by molar-refractivity contribution is -0.940. The molecule has 0 saturated carbocycles.